The third-order valence-corrected chi connectivity index (χ3v) is 8.11. The summed E-state index contributed by atoms with van der Waals surface area (Å²) in [5.74, 6) is 1.26. The topological polar surface area (TPSA) is 70.2 Å². The number of imidazole rings is 1. The predicted octanol–water partition coefficient (Wildman–Crippen LogP) is 7.53. The second-order valence-electron chi connectivity index (χ2n) is 10.2. The summed E-state index contributed by atoms with van der Waals surface area (Å²) < 4.78 is 21.2. The molecule has 1 fully saturated rings. The number of rotatable bonds is 11. The first kappa shape index (κ1) is 27.9. The summed E-state index contributed by atoms with van der Waals surface area (Å²) in [5.41, 5.74) is 2.41. The van der Waals surface area contributed by atoms with Crippen molar-refractivity contribution in [3.05, 3.63) is 69.7 Å². The van der Waals surface area contributed by atoms with Gasteiger partial charge in [0.25, 0.3) is 0 Å². The molecule has 38 heavy (non-hydrogen) atoms. The first-order valence-corrected chi connectivity index (χ1v) is 14.4. The van der Waals surface area contributed by atoms with Crippen LogP contribution in [-0.4, -0.2) is 27.3 Å². The van der Waals surface area contributed by atoms with Gasteiger partial charge in [0, 0.05) is 35.2 Å². The van der Waals surface area contributed by atoms with Crippen LogP contribution in [0.4, 0.5) is 4.39 Å². The average Bonchev–Trinajstić information content (AvgIpc) is 3.65. The molecule has 2 aromatic heterocycles. The Balaban J connectivity index is 1.58. The van der Waals surface area contributed by atoms with Crippen LogP contribution in [0.2, 0.25) is 0 Å². The van der Waals surface area contributed by atoms with Crippen molar-refractivity contribution in [1.82, 2.24) is 20.2 Å². The maximum absolute atomic E-state index is 14.8. The number of ether oxygens (including phenoxy) is 1. The van der Waals surface area contributed by atoms with Crippen molar-refractivity contribution in [1.29, 1.82) is 0 Å². The number of halogens is 1. The summed E-state index contributed by atoms with van der Waals surface area (Å²) in [7, 11) is 0. The van der Waals surface area contributed by atoms with Gasteiger partial charge in [0.05, 0.1) is 22.8 Å². The summed E-state index contributed by atoms with van der Waals surface area (Å²) >= 11 is 1.69. The van der Waals surface area contributed by atoms with E-state index in [4.69, 9.17) is 4.74 Å². The molecule has 4 rings (SSSR count). The zero-order valence-electron chi connectivity index (χ0n) is 23.0. The highest BCUT2D eigenvalue weighted by atomic mass is 32.1. The smallest absolute Gasteiger partial charge is 0.223 e. The van der Waals surface area contributed by atoms with Gasteiger partial charge in [-0.1, -0.05) is 33.8 Å². The SMILES string of the molecule is C/C=C(\CC)NC(Oc1cc(F)cc(-c2cnc([C@@H]3CCCN3C(=O)CC(C)C)[nH]2)c1)c1ccc(CC)s1. The van der Waals surface area contributed by atoms with E-state index in [-0.39, 0.29) is 17.8 Å². The van der Waals surface area contributed by atoms with Crippen LogP contribution in [0.15, 0.2) is 48.3 Å². The van der Waals surface area contributed by atoms with Crippen LogP contribution >= 0.6 is 11.3 Å². The Morgan fingerprint density at radius 3 is 2.82 bits per heavy atom. The number of nitrogens with one attached hydrogen (secondary N) is 2. The fourth-order valence-corrected chi connectivity index (χ4v) is 5.77. The lowest BCUT2D eigenvalue weighted by molar-refractivity contribution is -0.133. The number of H-pyrrole nitrogens is 1. The van der Waals surface area contributed by atoms with E-state index in [9.17, 15) is 9.18 Å². The molecule has 3 aromatic rings. The zero-order valence-corrected chi connectivity index (χ0v) is 23.8. The summed E-state index contributed by atoms with van der Waals surface area (Å²) in [4.78, 5) is 25.0. The molecular formula is C30H39FN4O2S. The number of allylic oxidation sites excluding steroid dienone is 2. The second kappa shape index (κ2) is 12.6. The molecule has 0 aliphatic carbocycles. The van der Waals surface area contributed by atoms with Crippen LogP contribution in [0.1, 0.15) is 88.2 Å². The minimum atomic E-state index is -0.433. The highest BCUT2D eigenvalue weighted by Gasteiger charge is 2.32. The van der Waals surface area contributed by atoms with Crippen molar-refractivity contribution in [3.8, 4) is 17.0 Å². The largest absolute Gasteiger partial charge is 0.466 e. The zero-order chi connectivity index (χ0) is 27.2. The molecule has 3 heterocycles. The van der Waals surface area contributed by atoms with Crippen molar-refractivity contribution in [2.75, 3.05) is 6.54 Å². The Hall–Kier alpha value is -3.13. The molecule has 8 heteroatoms. The lowest BCUT2D eigenvalue weighted by Crippen LogP contribution is -2.31. The van der Waals surface area contributed by atoms with Crippen LogP contribution < -0.4 is 10.1 Å². The second-order valence-corrected chi connectivity index (χ2v) is 11.4. The number of hydrogen-bond donors (Lipinski definition) is 2. The van der Waals surface area contributed by atoms with Crippen molar-refractivity contribution >= 4 is 17.2 Å². The number of amides is 1. The molecule has 1 aliphatic heterocycles. The highest BCUT2D eigenvalue weighted by Crippen LogP contribution is 2.34. The number of aryl methyl sites for hydroxylation is 1. The van der Waals surface area contributed by atoms with Gasteiger partial charge >= 0.3 is 0 Å². The maximum Gasteiger partial charge on any atom is 0.223 e. The van der Waals surface area contributed by atoms with E-state index in [2.05, 4.69) is 55.1 Å². The predicted molar refractivity (Wildman–Crippen MR) is 151 cm³/mol. The number of benzene rings is 1. The van der Waals surface area contributed by atoms with Gasteiger partial charge in [-0.15, -0.1) is 11.3 Å². The van der Waals surface area contributed by atoms with Gasteiger partial charge in [-0.05, 0) is 62.8 Å². The Bertz CT molecular complexity index is 1260. The number of carbonyl (C=O) groups is 1. The number of likely N-dealkylation sites (tertiary alicyclic amines) is 1. The van der Waals surface area contributed by atoms with Gasteiger partial charge in [-0.25, -0.2) is 9.37 Å². The van der Waals surface area contributed by atoms with Crippen molar-refractivity contribution in [3.63, 3.8) is 0 Å². The van der Waals surface area contributed by atoms with Crippen LogP contribution in [0.5, 0.6) is 5.75 Å². The van der Waals surface area contributed by atoms with E-state index in [1.165, 1.54) is 17.0 Å². The molecule has 0 saturated carbocycles. The van der Waals surface area contributed by atoms with Gasteiger partial charge in [0.15, 0.2) is 0 Å². The normalized spacial score (nSPS) is 16.8. The van der Waals surface area contributed by atoms with Crippen molar-refractivity contribution < 1.29 is 13.9 Å². The number of carbonyl (C=O) groups excluding carboxylic acids is 1. The Morgan fingerprint density at radius 1 is 1.32 bits per heavy atom. The number of thiophene rings is 1. The average molecular weight is 539 g/mol. The molecule has 0 bridgehead atoms. The Kier molecular flexibility index (Phi) is 9.26. The number of hydrogen-bond acceptors (Lipinski definition) is 5. The van der Waals surface area contributed by atoms with Crippen LogP contribution in [0.25, 0.3) is 11.3 Å². The molecule has 1 amide bonds. The van der Waals surface area contributed by atoms with E-state index in [1.807, 2.05) is 24.0 Å². The summed E-state index contributed by atoms with van der Waals surface area (Å²) in [5, 5.41) is 3.47. The van der Waals surface area contributed by atoms with E-state index >= 15 is 0 Å². The monoisotopic (exact) mass is 538 g/mol. The molecule has 2 N–H and O–H groups in total. The van der Waals surface area contributed by atoms with Gasteiger partial charge in [-0.2, -0.15) is 0 Å². The van der Waals surface area contributed by atoms with Crippen LogP contribution in [0, 0.1) is 11.7 Å². The number of aromatic nitrogens is 2. The van der Waals surface area contributed by atoms with E-state index in [0.717, 1.165) is 48.6 Å². The minimum Gasteiger partial charge on any atom is -0.466 e. The first-order valence-electron chi connectivity index (χ1n) is 13.6. The molecule has 204 valence electrons. The first-order chi connectivity index (χ1) is 18.3. The summed E-state index contributed by atoms with van der Waals surface area (Å²) in [6, 6.07) is 8.83. The highest BCUT2D eigenvalue weighted by molar-refractivity contribution is 7.12. The number of aromatic amines is 1. The van der Waals surface area contributed by atoms with Crippen molar-refractivity contribution in [2.24, 2.45) is 5.92 Å². The van der Waals surface area contributed by atoms with Crippen LogP contribution in [-0.2, 0) is 11.2 Å². The van der Waals surface area contributed by atoms with Gasteiger partial charge in [-0.3, -0.25) is 4.79 Å². The van der Waals surface area contributed by atoms with E-state index in [0.29, 0.717) is 29.3 Å². The summed E-state index contributed by atoms with van der Waals surface area (Å²) in [6.45, 7) is 11.1. The lowest BCUT2D eigenvalue weighted by Gasteiger charge is -2.24. The fraction of sp³-hybridized carbons (Fsp3) is 0.467. The molecule has 2 atom stereocenters. The van der Waals surface area contributed by atoms with E-state index < -0.39 is 6.23 Å². The molecule has 1 saturated heterocycles. The quantitative estimate of drug-likeness (QED) is 0.248. The molecule has 1 unspecified atom stereocenters. The number of nitrogens with zero attached hydrogens (tertiary/aromatic N) is 2. The Morgan fingerprint density at radius 2 is 2.13 bits per heavy atom. The standard InChI is InChI=1S/C30H39FN4O2S/c1-6-22(7-2)33-30(27-12-11-24(8-3)38-27)37-23-16-20(15-21(31)17-23)25-18-32-29(34-25)26-10-9-13-35(26)28(36)14-19(4)5/h6,11-12,15-19,26,30,33H,7-10,13-14H2,1-5H3,(H,32,34)/b22-6+/t26-,30?/m0/s1. The lowest BCUT2D eigenvalue weighted by atomic mass is 10.1. The van der Waals surface area contributed by atoms with Crippen LogP contribution in [0.3, 0.4) is 0 Å². The third kappa shape index (κ3) is 6.65. The van der Waals surface area contributed by atoms with Crippen molar-refractivity contribution in [2.45, 2.75) is 79.0 Å². The Labute approximate surface area is 229 Å². The third-order valence-electron chi connectivity index (χ3n) is 6.84. The summed E-state index contributed by atoms with van der Waals surface area (Å²) in [6.07, 6.45) is 7.46. The molecule has 0 spiro atoms. The fourth-order valence-electron chi connectivity index (χ4n) is 4.83. The molecular weight excluding hydrogens is 499 g/mol. The molecule has 1 aliphatic rings. The minimum absolute atomic E-state index is 0.0762. The molecule has 1 aromatic carbocycles. The van der Waals surface area contributed by atoms with Gasteiger partial charge in [0.2, 0.25) is 12.1 Å². The maximum atomic E-state index is 14.8. The van der Waals surface area contributed by atoms with Gasteiger partial charge in [0.1, 0.15) is 17.4 Å². The molecule has 0 radical (unpaired) electrons. The molecule has 6 nitrogen and oxygen atoms in total. The van der Waals surface area contributed by atoms with E-state index in [1.54, 1.807) is 17.5 Å². The van der Waals surface area contributed by atoms with Gasteiger partial charge < -0.3 is 19.9 Å².